The number of carbonyl (C=O) groups is 1. The van der Waals surface area contributed by atoms with Gasteiger partial charge in [0.15, 0.2) is 0 Å². The molecule has 6 nitrogen and oxygen atoms in total. The van der Waals surface area contributed by atoms with Crippen LogP contribution in [0.4, 0.5) is 0 Å². The smallest absolute Gasteiger partial charge is 0.379 e. The van der Waals surface area contributed by atoms with Gasteiger partial charge >= 0.3 is 11.6 Å². The van der Waals surface area contributed by atoms with E-state index in [1.54, 1.807) is 73.8 Å². The summed E-state index contributed by atoms with van der Waals surface area (Å²) in [5.74, 6) is 0.391. The number of ether oxygens (including phenoxy) is 2. The Morgan fingerprint density at radius 3 is 2.36 bits per heavy atom. The molecule has 0 radical (unpaired) electrons. The number of methoxy groups -OCH3 is 1. The average Bonchev–Trinajstić information content (AvgIpc) is 3.23. The van der Waals surface area contributed by atoms with E-state index in [0.717, 1.165) is 0 Å². The van der Waals surface area contributed by atoms with Gasteiger partial charge in [-0.15, -0.1) is 0 Å². The van der Waals surface area contributed by atoms with Gasteiger partial charge in [0.2, 0.25) is 5.76 Å². The van der Waals surface area contributed by atoms with Gasteiger partial charge in [0.1, 0.15) is 22.7 Å². The Labute approximate surface area is 192 Å². The molecular weight excluding hydrogens is 444 g/mol. The van der Waals surface area contributed by atoms with Crippen molar-refractivity contribution in [1.29, 1.82) is 0 Å². The predicted octanol–water partition coefficient (Wildman–Crippen LogP) is 6.40. The van der Waals surface area contributed by atoms with E-state index in [2.05, 4.69) is 0 Å². The summed E-state index contributed by atoms with van der Waals surface area (Å²) in [4.78, 5) is 25.3. The standard InChI is InChI=1S/C26H17ClO6/c1-14-20-13-19(31-25(28)23-12-16-11-17(27)5-9-21(16)32-23)8-10-22(20)33-26(29)24(14)15-3-6-18(30-2)7-4-15/h3-13H,1-2H3. The molecule has 2 heterocycles. The molecule has 0 amide bonds. The normalized spacial score (nSPS) is 11.1. The van der Waals surface area contributed by atoms with E-state index >= 15 is 0 Å². The summed E-state index contributed by atoms with van der Waals surface area (Å²) in [6.07, 6.45) is 0. The quantitative estimate of drug-likeness (QED) is 0.175. The van der Waals surface area contributed by atoms with Gasteiger partial charge < -0.3 is 18.3 Å². The largest absolute Gasteiger partial charge is 0.497 e. The van der Waals surface area contributed by atoms with Crippen molar-refractivity contribution in [2.45, 2.75) is 6.92 Å². The summed E-state index contributed by atoms with van der Waals surface area (Å²) in [6.45, 7) is 1.83. The van der Waals surface area contributed by atoms with Crippen molar-refractivity contribution in [3.8, 4) is 22.6 Å². The summed E-state index contributed by atoms with van der Waals surface area (Å²) in [5, 5.41) is 1.90. The first-order chi connectivity index (χ1) is 15.9. The minimum atomic E-state index is -0.646. The number of hydrogen-bond acceptors (Lipinski definition) is 6. The minimum Gasteiger partial charge on any atom is -0.497 e. The van der Waals surface area contributed by atoms with Gasteiger partial charge in [-0.3, -0.25) is 0 Å². The molecule has 0 saturated heterocycles. The van der Waals surface area contributed by atoms with Gasteiger partial charge in [-0.2, -0.15) is 0 Å². The maximum absolute atomic E-state index is 12.7. The Morgan fingerprint density at radius 1 is 0.879 bits per heavy atom. The highest BCUT2D eigenvalue weighted by molar-refractivity contribution is 6.31. The lowest BCUT2D eigenvalue weighted by molar-refractivity contribution is 0.0704. The van der Waals surface area contributed by atoms with E-state index in [4.69, 9.17) is 29.9 Å². The third-order valence-corrected chi connectivity index (χ3v) is 5.64. The molecule has 5 rings (SSSR count). The van der Waals surface area contributed by atoms with Crippen molar-refractivity contribution >= 4 is 39.5 Å². The number of carbonyl (C=O) groups excluding carboxylic acids is 1. The highest BCUT2D eigenvalue weighted by Crippen LogP contribution is 2.31. The second-order valence-electron chi connectivity index (χ2n) is 7.46. The highest BCUT2D eigenvalue weighted by Gasteiger charge is 2.18. The van der Waals surface area contributed by atoms with Gasteiger partial charge in [-0.1, -0.05) is 23.7 Å². The number of rotatable bonds is 4. The zero-order chi connectivity index (χ0) is 23.1. The van der Waals surface area contributed by atoms with Gasteiger partial charge in [0.25, 0.3) is 0 Å². The lowest BCUT2D eigenvalue weighted by Gasteiger charge is -2.10. The molecule has 2 aromatic heterocycles. The Hall–Kier alpha value is -4.03. The molecule has 0 unspecified atom stereocenters. The number of fused-ring (bicyclic) bond motifs is 2. The van der Waals surface area contributed by atoms with E-state index in [1.807, 2.05) is 6.92 Å². The molecule has 0 atom stereocenters. The fourth-order valence-electron chi connectivity index (χ4n) is 3.76. The monoisotopic (exact) mass is 460 g/mol. The van der Waals surface area contributed by atoms with E-state index in [-0.39, 0.29) is 5.76 Å². The molecular formula is C26H17ClO6. The number of esters is 1. The average molecular weight is 461 g/mol. The Balaban J connectivity index is 1.51. The van der Waals surface area contributed by atoms with Crippen LogP contribution < -0.4 is 15.1 Å². The summed E-state index contributed by atoms with van der Waals surface area (Å²) >= 11 is 6.00. The molecule has 0 spiro atoms. The SMILES string of the molecule is COc1ccc(-c2c(C)c3cc(OC(=O)c4cc5cc(Cl)ccc5o4)ccc3oc2=O)cc1. The molecule has 0 aliphatic rings. The molecule has 0 saturated carbocycles. The van der Waals surface area contributed by atoms with Crippen LogP contribution >= 0.6 is 11.6 Å². The summed E-state index contributed by atoms with van der Waals surface area (Å²) in [6, 6.07) is 18.6. The number of hydrogen-bond donors (Lipinski definition) is 0. The third kappa shape index (κ3) is 3.85. The van der Waals surface area contributed by atoms with Crippen molar-refractivity contribution in [2.75, 3.05) is 7.11 Å². The fraction of sp³-hybridized carbons (Fsp3) is 0.0769. The van der Waals surface area contributed by atoms with E-state index in [1.165, 1.54) is 0 Å². The zero-order valence-corrected chi connectivity index (χ0v) is 18.4. The van der Waals surface area contributed by atoms with Gasteiger partial charge in [-0.05, 0) is 72.6 Å². The van der Waals surface area contributed by atoms with Crippen LogP contribution in [0.3, 0.4) is 0 Å². The molecule has 33 heavy (non-hydrogen) atoms. The number of furan rings is 1. The predicted molar refractivity (Wildman–Crippen MR) is 125 cm³/mol. The molecule has 0 bridgehead atoms. The maximum atomic E-state index is 12.7. The summed E-state index contributed by atoms with van der Waals surface area (Å²) < 4.78 is 21.8. The van der Waals surface area contributed by atoms with Crippen LogP contribution in [0.1, 0.15) is 16.1 Å². The van der Waals surface area contributed by atoms with Gasteiger partial charge in [0.05, 0.1) is 12.7 Å². The second-order valence-corrected chi connectivity index (χ2v) is 7.89. The molecule has 0 N–H and O–H groups in total. The van der Waals surface area contributed by atoms with E-state index in [0.29, 0.717) is 55.2 Å². The summed E-state index contributed by atoms with van der Waals surface area (Å²) in [7, 11) is 1.58. The Kier molecular flexibility index (Phi) is 5.15. The number of aryl methyl sites for hydroxylation is 1. The van der Waals surface area contributed by atoms with Crippen LogP contribution in [0, 0.1) is 6.92 Å². The van der Waals surface area contributed by atoms with Crippen LogP contribution in [0.2, 0.25) is 5.02 Å². The van der Waals surface area contributed by atoms with Gasteiger partial charge in [0, 0.05) is 15.8 Å². The molecule has 7 heteroatoms. The van der Waals surface area contributed by atoms with Crippen LogP contribution in [0.15, 0.2) is 80.4 Å². The van der Waals surface area contributed by atoms with Crippen LogP contribution in [0.5, 0.6) is 11.5 Å². The van der Waals surface area contributed by atoms with Crippen molar-refractivity contribution < 1.29 is 23.1 Å². The number of halogens is 1. The van der Waals surface area contributed by atoms with Crippen molar-refractivity contribution in [1.82, 2.24) is 0 Å². The van der Waals surface area contributed by atoms with Crippen molar-refractivity contribution in [2.24, 2.45) is 0 Å². The third-order valence-electron chi connectivity index (χ3n) is 5.41. The molecule has 0 aliphatic carbocycles. The lowest BCUT2D eigenvalue weighted by Crippen LogP contribution is -2.08. The summed E-state index contributed by atoms with van der Waals surface area (Å²) in [5.41, 5.74) is 2.33. The first kappa shape index (κ1) is 20.8. The maximum Gasteiger partial charge on any atom is 0.379 e. The zero-order valence-electron chi connectivity index (χ0n) is 17.7. The lowest BCUT2D eigenvalue weighted by atomic mass is 9.99. The Bertz CT molecular complexity index is 1580. The van der Waals surface area contributed by atoms with Crippen molar-refractivity contribution in [3.05, 3.63) is 93.5 Å². The molecule has 0 fully saturated rings. The van der Waals surface area contributed by atoms with Crippen LogP contribution in [-0.4, -0.2) is 13.1 Å². The fourth-order valence-corrected chi connectivity index (χ4v) is 3.94. The van der Waals surface area contributed by atoms with Gasteiger partial charge in [-0.25, -0.2) is 9.59 Å². The van der Waals surface area contributed by atoms with E-state index in [9.17, 15) is 9.59 Å². The van der Waals surface area contributed by atoms with Crippen LogP contribution in [-0.2, 0) is 0 Å². The highest BCUT2D eigenvalue weighted by atomic mass is 35.5. The Morgan fingerprint density at radius 2 is 1.61 bits per heavy atom. The first-order valence-corrected chi connectivity index (χ1v) is 10.4. The molecule has 164 valence electrons. The second kappa shape index (κ2) is 8.15. The molecule has 0 aliphatic heterocycles. The molecule has 3 aromatic carbocycles. The topological polar surface area (TPSA) is 78.9 Å². The first-order valence-electron chi connectivity index (χ1n) is 10.1. The van der Waals surface area contributed by atoms with E-state index < -0.39 is 11.6 Å². The number of benzene rings is 3. The minimum absolute atomic E-state index is 0.0580. The molecule has 5 aromatic rings. The van der Waals surface area contributed by atoms with Crippen LogP contribution in [0.25, 0.3) is 33.1 Å². The van der Waals surface area contributed by atoms with Crippen molar-refractivity contribution in [3.63, 3.8) is 0 Å².